The van der Waals surface area contributed by atoms with Crippen molar-refractivity contribution in [2.45, 2.75) is 0 Å². The number of hydrogen-bond donors (Lipinski definition) is 0. The summed E-state index contributed by atoms with van der Waals surface area (Å²) < 4.78 is 0. The van der Waals surface area contributed by atoms with Crippen LogP contribution in [0.25, 0.3) is 0 Å². The molecule has 0 heterocycles. The smallest absolute Gasteiger partial charge is 0 e. The summed E-state index contributed by atoms with van der Waals surface area (Å²) in [6.45, 7) is 0. The molecule has 4 N–H and O–H groups in total. The van der Waals surface area contributed by atoms with E-state index >= 15 is 0 Å². The third kappa shape index (κ3) is 11.1. The predicted octanol–water partition coefficient (Wildman–Crippen LogP) is -1.65. The van der Waals surface area contributed by atoms with E-state index in [2.05, 4.69) is 0 Å². The maximum Gasteiger partial charge on any atom is 0 e. The Morgan fingerprint density at radius 1 is 0.750 bits per heavy atom. The van der Waals surface area contributed by atoms with Gasteiger partial charge in [0.15, 0.2) is 0 Å². The van der Waals surface area contributed by atoms with E-state index in [-0.39, 0.29) is 49.2 Å². The molecule has 0 saturated carbocycles. The Bertz CT molecular complexity index is 6.00. The van der Waals surface area contributed by atoms with Crippen molar-refractivity contribution in [2.24, 2.45) is 0 Å². The van der Waals surface area contributed by atoms with E-state index in [4.69, 9.17) is 0 Å². The zero-order chi connectivity index (χ0) is 0. The van der Waals surface area contributed by atoms with Gasteiger partial charge in [0.05, 0.1) is 0 Å². The fraction of sp³-hybridized carbons (Fsp3) is 0. The van der Waals surface area contributed by atoms with E-state index in [1.165, 1.54) is 0 Å². The Kier molecular flexibility index (Phi) is 545. The average molecular weight is 143 g/mol. The molecular formula is H4NiO2Ti. The number of hydrogen-bond acceptors (Lipinski definition) is 0. The Balaban J connectivity index is 0. The second-order valence-electron chi connectivity index (χ2n) is 0. The van der Waals surface area contributed by atoms with Crippen LogP contribution in [0.1, 0.15) is 0 Å². The van der Waals surface area contributed by atoms with Crippen LogP contribution < -0.4 is 0 Å². The quantitative estimate of drug-likeness (QED) is 0.364. The minimum Gasteiger partial charge on any atom is -0.412 e. The standard InChI is InChI=1S/Ni.2H2O.Ti/h;2*1H2;. The Morgan fingerprint density at radius 2 is 0.750 bits per heavy atom. The van der Waals surface area contributed by atoms with E-state index in [0.29, 0.717) is 0 Å². The fourth-order valence-electron chi connectivity index (χ4n) is 0. The van der Waals surface area contributed by atoms with Gasteiger partial charge in [-0.3, -0.25) is 0 Å². The molecule has 0 amide bonds. The Labute approximate surface area is 49.4 Å². The molecule has 0 atom stereocenters. The van der Waals surface area contributed by atoms with Crippen LogP contribution >= 0.6 is 0 Å². The normalized spacial score (nSPS) is 0. The molecule has 0 aliphatic carbocycles. The second-order valence-corrected chi connectivity index (χ2v) is 0. The summed E-state index contributed by atoms with van der Waals surface area (Å²) in [5, 5.41) is 0. The molecule has 4 heteroatoms. The van der Waals surface area contributed by atoms with Gasteiger partial charge in [0.2, 0.25) is 0 Å². The maximum absolute atomic E-state index is 0. The molecule has 0 aliphatic heterocycles. The third-order valence-electron chi connectivity index (χ3n) is 0. The first-order valence-corrected chi connectivity index (χ1v) is 0. The maximum atomic E-state index is 0. The summed E-state index contributed by atoms with van der Waals surface area (Å²) in [6.07, 6.45) is 0. The van der Waals surface area contributed by atoms with Gasteiger partial charge < -0.3 is 11.0 Å². The third-order valence-corrected chi connectivity index (χ3v) is 0. The summed E-state index contributed by atoms with van der Waals surface area (Å²) in [6, 6.07) is 0. The van der Waals surface area contributed by atoms with Gasteiger partial charge in [-0.1, -0.05) is 0 Å². The molecule has 0 saturated heterocycles. The van der Waals surface area contributed by atoms with Crippen LogP contribution in [0, 0.1) is 0 Å². The zero-order valence-corrected chi connectivity index (χ0v) is 4.37. The van der Waals surface area contributed by atoms with Gasteiger partial charge in [-0.05, 0) is 0 Å². The zero-order valence-electron chi connectivity index (χ0n) is 1.82. The summed E-state index contributed by atoms with van der Waals surface area (Å²) in [4.78, 5) is 0. The summed E-state index contributed by atoms with van der Waals surface area (Å²) >= 11 is 0. The van der Waals surface area contributed by atoms with Crippen molar-refractivity contribution in [1.82, 2.24) is 0 Å². The molecule has 2 nitrogen and oxygen atoms in total. The van der Waals surface area contributed by atoms with Crippen molar-refractivity contribution in [1.29, 1.82) is 0 Å². The van der Waals surface area contributed by atoms with Gasteiger partial charge in [-0.15, -0.1) is 0 Å². The van der Waals surface area contributed by atoms with Crippen LogP contribution in [0.2, 0.25) is 0 Å². The molecule has 0 rings (SSSR count). The first kappa shape index (κ1) is 68.7. The van der Waals surface area contributed by atoms with Gasteiger partial charge in [0.1, 0.15) is 0 Å². The topological polar surface area (TPSA) is 63.0 Å². The van der Waals surface area contributed by atoms with Crippen LogP contribution in [-0.2, 0) is 38.2 Å². The Hall–Kier alpha value is 1.13. The first-order valence-electron chi connectivity index (χ1n) is 0. The Morgan fingerprint density at radius 3 is 0.750 bits per heavy atom. The number of rotatable bonds is 0. The van der Waals surface area contributed by atoms with Gasteiger partial charge in [-0.2, -0.15) is 0 Å². The van der Waals surface area contributed by atoms with Crippen molar-refractivity contribution in [3.8, 4) is 0 Å². The summed E-state index contributed by atoms with van der Waals surface area (Å²) in [7, 11) is 0. The van der Waals surface area contributed by atoms with Crippen molar-refractivity contribution in [3.63, 3.8) is 0 Å². The van der Waals surface area contributed by atoms with Gasteiger partial charge in [-0.25, -0.2) is 0 Å². The molecule has 0 fully saturated rings. The van der Waals surface area contributed by atoms with Crippen LogP contribution in [0.5, 0.6) is 0 Å². The van der Waals surface area contributed by atoms with E-state index in [1.807, 2.05) is 0 Å². The molecule has 0 spiro atoms. The molecule has 4 heavy (non-hydrogen) atoms. The van der Waals surface area contributed by atoms with E-state index in [0.717, 1.165) is 0 Å². The minimum atomic E-state index is 0. The van der Waals surface area contributed by atoms with E-state index < -0.39 is 0 Å². The van der Waals surface area contributed by atoms with Crippen molar-refractivity contribution >= 4 is 0 Å². The van der Waals surface area contributed by atoms with E-state index in [1.54, 1.807) is 0 Å². The van der Waals surface area contributed by atoms with Gasteiger partial charge >= 0.3 is 0 Å². The molecule has 30 valence electrons. The molecule has 0 aliphatic rings. The van der Waals surface area contributed by atoms with Crippen LogP contribution in [0.3, 0.4) is 0 Å². The SMILES string of the molecule is O.O.[Ni].[Ti]. The van der Waals surface area contributed by atoms with Crippen molar-refractivity contribution in [2.75, 3.05) is 0 Å². The van der Waals surface area contributed by atoms with Crippen LogP contribution in [-0.4, -0.2) is 11.0 Å². The fourth-order valence-corrected chi connectivity index (χ4v) is 0. The van der Waals surface area contributed by atoms with Crippen molar-refractivity contribution in [3.05, 3.63) is 0 Å². The van der Waals surface area contributed by atoms with Gasteiger partial charge in [0.25, 0.3) is 0 Å². The molecule has 0 aromatic carbocycles. The minimum absolute atomic E-state index is 0. The van der Waals surface area contributed by atoms with E-state index in [9.17, 15) is 0 Å². The van der Waals surface area contributed by atoms with Crippen molar-refractivity contribution < 1.29 is 49.2 Å². The predicted molar refractivity (Wildman–Crippen MR) is 7.23 cm³/mol. The summed E-state index contributed by atoms with van der Waals surface area (Å²) in [5.41, 5.74) is 0. The summed E-state index contributed by atoms with van der Waals surface area (Å²) in [5.74, 6) is 0. The molecule has 0 bridgehead atoms. The first-order chi connectivity index (χ1) is 0. The second kappa shape index (κ2) is 31.7. The molecule has 0 radical (unpaired) electrons. The molecule has 0 aromatic rings. The molecule has 0 aromatic heterocycles. The van der Waals surface area contributed by atoms with Crippen LogP contribution in [0.15, 0.2) is 0 Å². The molecule has 0 unspecified atom stereocenters. The monoisotopic (exact) mass is 142 g/mol. The average Bonchev–Trinajstić information content (AvgIpc) is 0. The largest absolute Gasteiger partial charge is 0.412 e. The van der Waals surface area contributed by atoms with Gasteiger partial charge in [0, 0.05) is 38.2 Å². The molecular weight excluding hydrogens is 139 g/mol. The van der Waals surface area contributed by atoms with Crippen LogP contribution in [0.4, 0.5) is 0 Å².